The van der Waals surface area contributed by atoms with Crippen LogP contribution in [0, 0.1) is 0 Å². The molecule has 0 atom stereocenters. The third-order valence-corrected chi connectivity index (χ3v) is 2.08. The minimum atomic E-state index is 0.859. The summed E-state index contributed by atoms with van der Waals surface area (Å²) >= 11 is 0. The highest BCUT2D eigenvalue weighted by molar-refractivity contribution is 6.04. The summed E-state index contributed by atoms with van der Waals surface area (Å²) < 4.78 is 0. The Hall–Kier alpha value is -1.97. The molecule has 1 N–H and O–H groups in total. The van der Waals surface area contributed by atoms with Crippen molar-refractivity contribution < 1.29 is 0 Å². The van der Waals surface area contributed by atoms with E-state index in [0.29, 0.717) is 0 Å². The summed E-state index contributed by atoms with van der Waals surface area (Å²) in [5.74, 6) is 0. The van der Waals surface area contributed by atoms with Crippen LogP contribution in [0.3, 0.4) is 0 Å². The van der Waals surface area contributed by atoms with E-state index in [1.165, 1.54) is 6.33 Å². The van der Waals surface area contributed by atoms with Gasteiger partial charge in [0.25, 0.3) is 0 Å². The first-order chi connectivity index (χ1) is 6.45. The zero-order chi connectivity index (χ0) is 8.67. The number of nitrogens with zero attached hydrogens (tertiary/aromatic N) is 3. The summed E-state index contributed by atoms with van der Waals surface area (Å²) in [5.41, 5.74) is 1.86. The van der Waals surface area contributed by atoms with Crippen molar-refractivity contribution in [1.82, 2.24) is 19.9 Å². The first-order valence-corrected chi connectivity index (χ1v) is 3.96. The molecule has 0 bridgehead atoms. The highest BCUT2D eigenvalue weighted by Gasteiger charge is 2.02. The van der Waals surface area contributed by atoms with Gasteiger partial charge in [0.05, 0.1) is 11.7 Å². The molecule has 4 nitrogen and oxygen atoms in total. The minimum absolute atomic E-state index is 0.859. The van der Waals surface area contributed by atoms with Crippen molar-refractivity contribution in [2.75, 3.05) is 0 Å². The van der Waals surface area contributed by atoms with Gasteiger partial charge in [0.2, 0.25) is 0 Å². The van der Waals surface area contributed by atoms with Gasteiger partial charge in [-0.25, -0.2) is 9.97 Å². The largest absolute Gasteiger partial charge is 0.338 e. The molecule has 3 aromatic rings. The second-order valence-corrected chi connectivity index (χ2v) is 2.83. The molecule has 0 saturated heterocycles. The predicted molar refractivity (Wildman–Crippen MR) is 49.2 cm³/mol. The zero-order valence-corrected chi connectivity index (χ0v) is 6.73. The van der Waals surface area contributed by atoms with Gasteiger partial charge in [0.1, 0.15) is 12.0 Å². The average molecular weight is 170 g/mol. The number of aromatic amines is 1. The Morgan fingerprint density at radius 1 is 1.08 bits per heavy atom. The van der Waals surface area contributed by atoms with Crippen molar-refractivity contribution in [2.45, 2.75) is 0 Å². The van der Waals surface area contributed by atoms with Gasteiger partial charge in [-0.1, -0.05) is 0 Å². The fourth-order valence-electron chi connectivity index (χ4n) is 1.48. The van der Waals surface area contributed by atoms with Crippen LogP contribution in [0.2, 0.25) is 0 Å². The maximum atomic E-state index is 4.12. The SMILES string of the molecule is c1cc2c(cn1)[nH]c1ncncc12. The van der Waals surface area contributed by atoms with Crippen molar-refractivity contribution in [2.24, 2.45) is 0 Å². The third kappa shape index (κ3) is 0.823. The summed E-state index contributed by atoms with van der Waals surface area (Å²) in [4.78, 5) is 15.3. The predicted octanol–water partition coefficient (Wildman–Crippen LogP) is 1.51. The lowest BCUT2D eigenvalue weighted by Gasteiger charge is -1.86. The van der Waals surface area contributed by atoms with Crippen LogP contribution in [0.5, 0.6) is 0 Å². The molecule has 13 heavy (non-hydrogen) atoms. The molecule has 0 aliphatic carbocycles. The normalized spacial score (nSPS) is 11.1. The number of hydrogen-bond acceptors (Lipinski definition) is 3. The molecule has 4 heteroatoms. The Labute approximate surface area is 73.7 Å². The summed E-state index contributed by atoms with van der Waals surface area (Å²) in [5, 5.41) is 2.16. The van der Waals surface area contributed by atoms with Crippen molar-refractivity contribution in [3.05, 3.63) is 31.0 Å². The molecule has 0 saturated carbocycles. The quantitative estimate of drug-likeness (QED) is 0.556. The fourth-order valence-corrected chi connectivity index (χ4v) is 1.48. The molecular formula is C9H6N4. The first-order valence-electron chi connectivity index (χ1n) is 3.96. The summed E-state index contributed by atoms with van der Waals surface area (Å²) in [6.07, 6.45) is 6.89. The van der Waals surface area contributed by atoms with E-state index in [1.54, 1.807) is 18.6 Å². The van der Waals surface area contributed by atoms with Crippen LogP contribution in [0.15, 0.2) is 31.0 Å². The van der Waals surface area contributed by atoms with Gasteiger partial charge in [-0.2, -0.15) is 0 Å². The van der Waals surface area contributed by atoms with E-state index in [-0.39, 0.29) is 0 Å². The summed E-state index contributed by atoms with van der Waals surface area (Å²) in [7, 11) is 0. The van der Waals surface area contributed by atoms with Crippen molar-refractivity contribution in [3.8, 4) is 0 Å². The highest BCUT2D eigenvalue weighted by Crippen LogP contribution is 2.20. The minimum Gasteiger partial charge on any atom is -0.338 e. The molecule has 0 aromatic carbocycles. The maximum Gasteiger partial charge on any atom is 0.141 e. The fraction of sp³-hybridized carbons (Fsp3) is 0. The van der Waals surface area contributed by atoms with E-state index in [0.717, 1.165) is 21.9 Å². The summed E-state index contributed by atoms with van der Waals surface area (Å²) in [6.45, 7) is 0. The van der Waals surface area contributed by atoms with E-state index in [9.17, 15) is 0 Å². The molecule has 0 spiro atoms. The summed E-state index contributed by atoms with van der Waals surface area (Å²) in [6, 6.07) is 1.96. The molecule has 0 unspecified atom stereocenters. The standard InChI is InChI=1S/C9H6N4/c1-2-10-4-8-6(1)7-3-11-5-12-9(7)13-8/h1-5H,(H,11,12,13). The molecule has 3 aromatic heterocycles. The first kappa shape index (κ1) is 6.54. The van der Waals surface area contributed by atoms with E-state index >= 15 is 0 Å². The molecule has 0 radical (unpaired) electrons. The van der Waals surface area contributed by atoms with E-state index in [4.69, 9.17) is 0 Å². The second kappa shape index (κ2) is 2.26. The van der Waals surface area contributed by atoms with E-state index < -0.39 is 0 Å². The lowest BCUT2D eigenvalue weighted by atomic mass is 10.2. The maximum absolute atomic E-state index is 4.12. The topological polar surface area (TPSA) is 54.5 Å². The number of hydrogen-bond donors (Lipinski definition) is 1. The molecule has 0 aliphatic rings. The van der Waals surface area contributed by atoms with Gasteiger partial charge >= 0.3 is 0 Å². The van der Waals surface area contributed by atoms with Gasteiger partial charge in [-0.3, -0.25) is 4.98 Å². The second-order valence-electron chi connectivity index (χ2n) is 2.83. The number of nitrogens with one attached hydrogen (secondary N) is 1. The molecule has 0 fully saturated rings. The third-order valence-electron chi connectivity index (χ3n) is 2.08. The van der Waals surface area contributed by atoms with Crippen molar-refractivity contribution in [3.63, 3.8) is 0 Å². The highest BCUT2D eigenvalue weighted by atomic mass is 14.9. The smallest absolute Gasteiger partial charge is 0.141 e. The van der Waals surface area contributed by atoms with Crippen LogP contribution in [-0.4, -0.2) is 19.9 Å². The van der Waals surface area contributed by atoms with Gasteiger partial charge < -0.3 is 4.98 Å². The van der Waals surface area contributed by atoms with E-state index in [2.05, 4.69) is 19.9 Å². The monoisotopic (exact) mass is 170 g/mol. The van der Waals surface area contributed by atoms with Crippen LogP contribution < -0.4 is 0 Å². The lowest BCUT2D eigenvalue weighted by Crippen LogP contribution is -1.75. The van der Waals surface area contributed by atoms with Gasteiger partial charge in [0.15, 0.2) is 0 Å². The molecule has 3 heterocycles. The molecule has 62 valence electrons. The Morgan fingerprint density at radius 3 is 3.08 bits per heavy atom. The number of pyridine rings is 1. The number of rotatable bonds is 0. The van der Waals surface area contributed by atoms with E-state index in [1.807, 2.05) is 6.07 Å². The Morgan fingerprint density at radius 2 is 2.08 bits per heavy atom. The van der Waals surface area contributed by atoms with Crippen LogP contribution in [0.4, 0.5) is 0 Å². The van der Waals surface area contributed by atoms with Crippen LogP contribution >= 0.6 is 0 Å². The molecule has 0 amide bonds. The van der Waals surface area contributed by atoms with Gasteiger partial charge in [-0.15, -0.1) is 0 Å². The average Bonchev–Trinajstić information content (AvgIpc) is 2.56. The Bertz CT molecular complexity index is 519. The number of aromatic nitrogens is 4. The Balaban J connectivity index is 2.64. The number of fused-ring (bicyclic) bond motifs is 3. The molecule has 0 aliphatic heterocycles. The number of H-pyrrole nitrogens is 1. The van der Waals surface area contributed by atoms with Crippen LogP contribution in [0.25, 0.3) is 21.9 Å². The van der Waals surface area contributed by atoms with Crippen molar-refractivity contribution >= 4 is 21.9 Å². The van der Waals surface area contributed by atoms with Gasteiger partial charge in [0, 0.05) is 23.2 Å². The Kier molecular flexibility index (Phi) is 1.14. The zero-order valence-electron chi connectivity index (χ0n) is 6.73. The lowest BCUT2D eigenvalue weighted by molar-refractivity contribution is 1.20. The van der Waals surface area contributed by atoms with Gasteiger partial charge in [-0.05, 0) is 6.07 Å². The molecular weight excluding hydrogens is 164 g/mol. The van der Waals surface area contributed by atoms with Crippen LogP contribution in [0.1, 0.15) is 0 Å². The van der Waals surface area contributed by atoms with Crippen molar-refractivity contribution in [1.29, 1.82) is 0 Å². The van der Waals surface area contributed by atoms with Crippen LogP contribution in [-0.2, 0) is 0 Å². The molecule has 3 rings (SSSR count).